The number of nitrogen functional groups attached to an aromatic ring is 1. The van der Waals surface area contributed by atoms with E-state index < -0.39 is 0 Å². The number of anilines is 2. The quantitative estimate of drug-likeness (QED) is 0.361. The molecule has 0 atom stereocenters. The maximum atomic E-state index is 5.42. The highest BCUT2D eigenvalue weighted by molar-refractivity contribution is 5.47. The van der Waals surface area contributed by atoms with Gasteiger partial charge in [-0.05, 0) is 19.3 Å². The van der Waals surface area contributed by atoms with E-state index in [9.17, 15) is 0 Å². The number of hydrogen-bond acceptors (Lipinski definition) is 6. The Morgan fingerprint density at radius 2 is 1.95 bits per heavy atom. The van der Waals surface area contributed by atoms with Crippen LogP contribution in [0.3, 0.4) is 0 Å². The van der Waals surface area contributed by atoms with Gasteiger partial charge in [0.05, 0.1) is 0 Å². The van der Waals surface area contributed by atoms with Gasteiger partial charge in [-0.25, -0.2) is 15.8 Å². The lowest BCUT2D eigenvalue weighted by Crippen LogP contribution is -2.13. The molecule has 0 fully saturated rings. The van der Waals surface area contributed by atoms with E-state index in [1.54, 1.807) is 7.11 Å². The van der Waals surface area contributed by atoms with Gasteiger partial charge in [-0.3, -0.25) is 0 Å². The van der Waals surface area contributed by atoms with Crippen molar-refractivity contribution in [1.29, 1.82) is 0 Å². The average molecular weight is 267 g/mol. The van der Waals surface area contributed by atoms with E-state index in [1.807, 2.05) is 6.07 Å². The summed E-state index contributed by atoms with van der Waals surface area (Å²) in [5, 5.41) is 3.30. The molecule has 1 heterocycles. The number of nitrogens with zero attached hydrogens (tertiary/aromatic N) is 2. The number of methoxy groups -OCH3 is 1. The number of hydrogen-bond donors (Lipinski definition) is 3. The fraction of sp³-hybridized carbons (Fsp3) is 0.692. The fourth-order valence-corrected chi connectivity index (χ4v) is 1.65. The first-order valence-electron chi connectivity index (χ1n) is 6.75. The Bertz CT molecular complexity index is 370. The van der Waals surface area contributed by atoms with Crippen molar-refractivity contribution in [2.45, 2.75) is 39.0 Å². The highest BCUT2D eigenvalue weighted by atomic mass is 16.5. The fourth-order valence-electron chi connectivity index (χ4n) is 1.65. The minimum atomic E-state index is 0.274. The van der Waals surface area contributed by atoms with E-state index in [4.69, 9.17) is 10.6 Å². The molecule has 0 radical (unpaired) electrons. The maximum absolute atomic E-state index is 5.42. The zero-order valence-corrected chi connectivity index (χ0v) is 12.1. The van der Waals surface area contributed by atoms with Gasteiger partial charge in [-0.2, -0.15) is 0 Å². The summed E-state index contributed by atoms with van der Waals surface area (Å²) in [7, 11) is 1.73. The number of hydrazine groups is 1. The highest BCUT2D eigenvalue weighted by Crippen LogP contribution is 2.16. The van der Waals surface area contributed by atoms with Gasteiger partial charge in [0.15, 0.2) is 0 Å². The van der Waals surface area contributed by atoms with Crippen LogP contribution in [0.2, 0.25) is 0 Å². The topological polar surface area (TPSA) is 85.1 Å². The standard InChI is InChI=1S/C13H25N5O/c1-10(2)13-16-11(9-12(17-13)18-14)15-7-5-4-6-8-19-3/h9-10H,4-8,14H2,1-3H3,(H2,15,16,17,18). The van der Waals surface area contributed by atoms with Crippen molar-refractivity contribution in [2.75, 3.05) is 31.0 Å². The average Bonchev–Trinajstić information content (AvgIpc) is 2.42. The van der Waals surface area contributed by atoms with Crippen LogP contribution in [0.25, 0.3) is 0 Å². The zero-order valence-electron chi connectivity index (χ0n) is 12.1. The molecule has 0 bridgehead atoms. The number of rotatable bonds is 9. The second kappa shape index (κ2) is 8.66. The first-order chi connectivity index (χ1) is 9.17. The van der Waals surface area contributed by atoms with Gasteiger partial charge in [0, 0.05) is 32.2 Å². The SMILES string of the molecule is COCCCCCNc1cc(NN)nc(C(C)C)n1. The minimum Gasteiger partial charge on any atom is -0.385 e. The van der Waals surface area contributed by atoms with Gasteiger partial charge in [-0.1, -0.05) is 13.8 Å². The second-order valence-electron chi connectivity index (χ2n) is 4.78. The molecule has 108 valence electrons. The summed E-state index contributed by atoms with van der Waals surface area (Å²) >= 11 is 0. The summed E-state index contributed by atoms with van der Waals surface area (Å²) in [5.74, 6) is 7.94. The number of nitrogens with one attached hydrogen (secondary N) is 2. The molecule has 4 N–H and O–H groups in total. The van der Waals surface area contributed by atoms with E-state index in [1.165, 1.54) is 0 Å². The van der Waals surface area contributed by atoms with Crippen LogP contribution in [0.5, 0.6) is 0 Å². The van der Waals surface area contributed by atoms with Crippen molar-refractivity contribution in [3.8, 4) is 0 Å². The first kappa shape index (κ1) is 15.7. The van der Waals surface area contributed by atoms with E-state index in [0.717, 1.165) is 44.1 Å². The first-order valence-corrected chi connectivity index (χ1v) is 6.75. The molecule has 0 saturated heterocycles. The van der Waals surface area contributed by atoms with E-state index in [-0.39, 0.29) is 5.92 Å². The monoisotopic (exact) mass is 267 g/mol. The predicted molar refractivity (Wildman–Crippen MR) is 78.1 cm³/mol. The molecular weight excluding hydrogens is 242 g/mol. The molecule has 0 spiro atoms. The van der Waals surface area contributed by atoms with Gasteiger partial charge < -0.3 is 15.5 Å². The minimum absolute atomic E-state index is 0.274. The van der Waals surface area contributed by atoms with Crippen LogP contribution in [0.15, 0.2) is 6.07 Å². The number of unbranched alkanes of at least 4 members (excludes halogenated alkanes) is 2. The largest absolute Gasteiger partial charge is 0.385 e. The molecule has 0 amide bonds. The Labute approximate surface area is 115 Å². The van der Waals surface area contributed by atoms with Crippen LogP contribution >= 0.6 is 0 Å². The molecule has 1 aromatic heterocycles. The Morgan fingerprint density at radius 1 is 1.21 bits per heavy atom. The smallest absolute Gasteiger partial charge is 0.145 e. The third-order valence-corrected chi connectivity index (χ3v) is 2.74. The number of nitrogens with two attached hydrogens (primary N) is 1. The number of ether oxygens (including phenoxy) is 1. The molecule has 1 rings (SSSR count). The summed E-state index contributed by atoms with van der Waals surface area (Å²) in [5.41, 5.74) is 2.57. The summed E-state index contributed by atoms with van der Waals surface area (Å²) in [4.78, 5) is 8.79. The lowest BCUT2D eigenvalue weighted by Gasteiger charge is -2.11. The Kier molecular flexibility index (Phi) is 7.14. The molecule has 0 aliphatic rings. The molecule has 0 unspecified atom stereocenters. The number of aromatic nitrogens is 2. The Balaban J connectivity index is 2.46. The van der Waals surface area contributed by atoms with Crippen LogP contribution < -0.4 is 16.6 Å². The zero-order chi connectivity index (χ0) is 14.1. The van der Waals surface area contributed by atoms with Crippen LogP contribution in [0.4, 0.5) is 11.6 Å². The van der Waals surface area contributed by atoms with Crippen molar-refractivity contribution in [1.82, 2.24) is 9.97 Å². The summed E-state index contributed by atoms with van der Waals surface area (Å²) in [6, 6.07) is 1.82. The van der Waals surface area contributed by atoms with Crippen molar-refractivity contribution < 1.29 is 4.74 Å². The Hall–Kier alpha value is -1.40. The molecular formula is C13H25N5O. The summed E-state index contributed by atoms with van der Waals surface area (Å²) in [6.45, 7) is 5.84. The van der Waals surface area contributed by atoms with Crippen LogP contribution in [-0.4, -0.2) is 30.2 Å². The molecule has 0 aliphatic carbocycles. The summed E-state index contributed by atoms with van der Waals surface area (Å²) in [6.07, 6.45) is 3.33. The Morgan fingerprint density at radius 3 is 2.58 bits per heavy atom. The lowest BCUT2D eigenvalue weighted by molar-refractivity contribution is 0.192. The van der Waals surface area contributed by atoms with Crippen molar-refractivity contribution in [3.63, 3.8) is 0 Å². The van der Waals surface area contributed by atoms with E-state index >= 15 is 0 Å². The van der Waals surface area contributed by atoms with Crippen molar-refractivity contribution in [2.24, 2.45) is 5.84 Å². The third-order valence-electron chi connectivity index (χ3n) is 2.74. The lowest BCUT2D eigenvalue weighted by atomic mass is 10.2. The predicted octanol–water partition coefficient (Wildman–Crippen LogP) is 2.11. The van der Waals surface area contributed by atoms with Crippen molar-refractivity contribution in [3.05, 3.63) is 11.9 Å². The second-order valence-corrected chi connectivity index (χ2v) is 4.78. The third kappa shape index (κ3) is 5.85. The molecule has 0 aliphatic heterocycles. The molecule has 6 heteroatoms. The normalized spacial score (nSPS) is 10.8. The molecule has 19 heavy (non-hydrogen) atoms. The molecule has 1 aromatic rings. The van der Waals surface area contributed by atoms with E-state index in [0.29, 0.717) is 5.82 Å². The summed E-state index contributed by atoms with van der Waals surface area (Å²) < 4.78 is 5.02. The van der Waals surface area contributed by atoms with Gasteiger partial charge >= 0.3 is 0 Å². The molecule has 6 nitrogen and oxygen atoms in total. The van der Waals surface area contributed by atoms with Gasteiger partial charge in [0.25, 0.3) is 0 Å². The van der Waals surface area contributed by atoms with Crippen LogP contribution in [0.1, 0.15) is 44.9 Å². The van der Waals surface area contributed by atoms with Gasteiger partial charge in [-0.15, -0.1) is 0 Å². The molecule has 0 saturated carbocycles. The van der Waals surface area contributed by atoms with Gasteiger partial charge in [0.1, 0.15) is 17.5 Å². The van der Waals surface area contributed by atoms with E-state index in [2.05, 4.69) is 34.6 Å². The van der Waals surface area contributed by atoms with Gasteiger partial charge in [0.2, 0.25) is 0 Å². The molecule has 0 aromatic carbocycles. The van der Waals surface area contributed by atoms with Crippen LogP contribution in [-0.2, 0) is 4.74 Å². The van der Waals surface area contributed by atoms with Crippen molar-refractivity contribution >= 4 is 11.6 Å². The highest BCUT2D eigenvalue weighted by Gasteiger charge is 2.07. The van der Waals surface area contributed by atoms with Crippen LogP contribution in [0, 0.1) is 0 Å². The maximum Gasteiger partial charge on any atom is 0.145 e.